The molecule has 0 atom stereocenters. The van der Waals surface area contributed by atoms with E-state index in [4.69, 9.17) is 9.97 Å². The van der Waals surface area contributed by atoms with E-state index >= 15 is 0 Å². The molecule has 6 aromatic rings. The third-order valence-electron chi connectivity index (χ3n) is 5.10. The van der Waals surface area contributed by atoms with Crippen LogP contribution >= 0.6 is 0 Å². The molecular formula is C24H14N6. The van der Waals surface area contributed by atoms with Gasteiger partial charge in [0.15, 0.2) is 5.82 Å². The van der Waals surface area contributed by atoms with Crippen molar-refractivity contribution in [2.45, 2.75) is 0 Å². The molecule has 0 aliphatic rings. The van der Waals surface area contributed by atoms with Gasteiger partial charge in [-0.25, -0.2) is 15.0 Å². The normalized spacial score (nSPS) is 11.3. The molecule has 3 heterocycles. The lowest BCUT2D eigenvalue weighted by Crippen LogP contribution is -1.93. The highest BCUT2D eigenvalue weighted by atomic mass is 15.1. The summed E-state index contributed by atoms with van der Waals surface area (Å²) in [5.41, 5.74) is 6.00. The minimum absolute atomic E-state index is 0.670. The zero-order valence-electron chi connectivity index (χ0n) is 15.8. The smallest absolute Gasteiger partial charge is 0.159 e. The summed E-state index contributed by atoms with van der Waals surface area (Å²) in [4.78, 5) is 18.6. The van der Waals surface area contributed by atoms with Gasteiger partial charge in [-0.2, -0.15) is 10.2 Å². The van der Waals surface area contributed by atoms with E-state index < -0.39 is 0 Å². The summed E-state index contributed by atoms with van der Waals surface area (Å²) in [5, 5.41) is 10.2. The highest BCUT2D eigenvalue weighted by Crippen LogP contribution is 2.25. The second-order valence-corrected chi connectivity index (χ2v) is 7.02. The van der Waals surface area contributed by atoms with Gasteiger partial charge in [0.05, 0.1) is 40.2 Å². The lowest BCUT2D eigenvalue weighted by atomic mass is 10.1. The summed E-state index contributed by atoms with van der Waals surface area (Å²) in [6.45, 7) is 0. The molecule has 3 aromatic heterocycles. The van der Waals surface area contributed by atoms with Crippen molar-refractivity contribution >= 4 is 32.8 Å². The molecule has 0 saturated heterocycles. The van der Waals surface area contributed by atoms with Crippen LogP contribution in [0.2, 0.25) is 0 Å². The maximum absolute atomic E-state index is 4.83. The number of benzene rings is 3. The Labute approximate surface area is 171 Å². The summed E-state index contributed by atoms with van der Waals surface area (Å²) < 4.78 is 0. The van der Waals surface area contributed by atoms with Crippen LogP contribution in [0.3, 0.4) is 0 Å². The molecule has 6 nitrogen and oxygen atoms in total. The van der Waals surface area contributed by atoms with Crippen molar-refractivity contribution in [2.75, 3.05) is 0 Å². The van der Waals surface area contributed by atoms with Gasteiger partial charge in [0.1, 0.15) is 0 Å². The number of nitrogens with zero attached hydrogens (tertiary/aromatic N) is 6. The molecule has 0 unspecified atom stereocenters. The van der Waals surface area contributed by atoms with Gasteiger partial charge in [0, 0.05) is 28.1 Å². The number of para-hydroxylation sites is 1. The first kappa shape index (κ1) is 16.6. The Morgan fingerprint density at radius 3 is 2.47 bits per heavy atom. The molecule has 6 rings (SSSR count). The van der Waals surface area contributed by atoms with Gasteiger partial charge in [0.2, 0.25) is 0 Å². The molecule has 30 heavy (non-hydrogen) atoms. The summed E-state index contributed by atoms with van der Waals surface area (Å²) >= 11 is 0. The van der Waals surface area contributed by atoms with E-state index in [-0.39, 0.29) is 0 Å². The van der Waals surface area contributed by atoms with Gasteiger partial charge >= 0.3 is 0 Å². The van der Waals surface area contributed by atoms with Crippen LogP contribution in [-0.4, -0.2) is 30.1 Å². The highest BCUT2D eigenvalue weighted by Gasteiger charge is 2.08. The van der Waals surface area contributed by atoms with Crippen LogP contribution in [0.25, 0.3) is 55.5 Å². The molecule has 140 valence electrons. The molecule has 0 aliphatic carbocycles. The summed E-state index contributed by atoms with van der Waals surface area (Å²) in [7, 11) is 0. The van der Waals surface area contributed by atoms with Gasteiger partial charge in [-0.05, 0) is 36.4 Å². The van der Waals surface area contributed by atoms with Gasteiger partial charge < -0.3 is 0 Å². The van der Waals surface area contributed by atoms with Crippen molar-refractivity contribution in [1.82, 2.24) is 30.1 Å². The fraction of sp³-hybridized carbons (Fsp3) is 0. The fourth-order valence-corrected chi connectivity index (χ4v) is 3.54. The van der Waals surface area contributed by atoms with Crippen LogP contribution in [0.4, 0.5) is 0 Å². The van der Waals surface area contributed by atoms with E-state index in [1.54, 1.807) is 12.4 Å². The molecule has 0 amide bonds. The Hall–Kier alpha value is -4.32. The van der Waals surface area contributed by atoms with Crippen LogP contribution in [0, 0.1) is 0 Å². The van der Waals surface area contributed by atoms with Crippen molar-refractivity contribution < 1.29 is 0 Å². The van der Waals surface area contributed by atoms with Gasteiger partial charge in [0.25, 0.3) is 0 Å². The standard InChI is InChI=1S/C24H14N6/c1-2-4-19-18(3-1)13-26-24(29-19)17-7-8-20-22(12-17)28-23(14-25-20)16-6-5-15-9-10-27-30-21(15)11-16/h1-14H. The largest absolute Gasteiger partial charge is 0.252 e. The average Bonchev–Trinajstić information content (AvgIpc) is 2.82. The van der Waals surface area contributed by atoms with Crippen LogP contribution in [-0.2, 0) is 0 Å². The topological polar surface area (TPSA) is 77.3 Å². The lowest BCUT2D eigenvalue weighted by molar-refractivity contribution is 1.08. The van der Waals surface area contributed by atoms with Crippen LogP contribution in [0.15, 0.2) is 85.3 Å². The Kier molecular flexibility index (Phi) is 3.67. The Balaban J connectivity index is 1.46. The molecule has 3 aromatic carbocycles. The van der Waals surface area contributed by atoms with Gasteiger partial charge in [-0.1, -0.05) is 30.3 Å². The van der Waals surface area contributed by atoms with Gasteiger partial charge in [-0.3, -0.25) is 4.98 Å². The predicted octanol–water partition coefficient (Wildman–Crippen LogP) is 4.85. The lowest BCUT2D eigenvalue weighted by Gasteiger charge is -2.06. The fourth-order valence-electron chi connectivity index (χ4n) is 3.54. The van der Waals surface area contributed by atoms with Gasteiger partial charge in [-0.15, -0.1) is 0 Å². The van der Waals surface area contributed by atoms with E-state index in [9.17, 15) is 0 Å². The highest BCUT2D eigenvalue weighted by molar-refractivity contribution is 5.86. The average molecular weight is 386 g/mol. The Morgan fingerprint density at radius 2 is 1.47 bits per heavy atom. The maximum atomic E-state index is 4.83. The first-order chi connectivity index (χ1) is 14.8. The number of hydrogen-bond acceptors (Lipinski definition) is 6. The summed E-state index contributed by atoms with van der Waals surface area (Å²) in [6, 6.07) is 21.8. The summed E-state index contributed by atoms with van der Waals surface area (Å²) in [5.74, 6) is 0.670. The SMILES string of the molecule is c1ccc2nc(-c3ccc4ncc(-c5ccc6ccnnc6c5)nc4c3)ncc2c1. The third kappa shape index (κ3) is 2.82. The van der Waals surface area contributed by atoms with E-state index in [1.807, 2.05) is 72.9 Å². The minimum atomic E-state index is 0.670. The first-order valence-corrected chi connectivity index (χ1v) is 9.54. The summed E-state index contributed by atoms with van der Waals surface area (Å²) in [6.07, 6.45) is 5.32. The van der Waals surface area contributed by atoms with Crippen molar-refractivity contribution in [1.29, 1.82) is 0 Å². The molecule has 0 fully saturated rings. The van der Waals surface area contributed by atoms with Crippen molar-refractivity contribution in [3.05, 3.63) is 85.3 Å². The number of hydrogen-bond donors (Lipinski definition) is 0. The number of aromatic nitrogens is 6. The number of fused-ring (bicyclic) bond motifs is 3. The van der Waals surface area contributed by atoms with Crippen molar-refractivity contribution in [3.63, 3.8) is 0 Å². The van der Waals surface area contributed by atoms with E-state index in [1.165, 1.54) is 0 Å². The third-order valence-corrected chi connectivity index (χ3v) is 5.10. The molecule has 0 radical (unpaired) electrons. The monoisotopic (exact) mass is 386 g/mol. The molecule has 0 saturated carbocycles. The quantitative estimate of drug-likeness (QED) is 0.423. The zero-order valence-corrected chi connectivity index (χ0v) is 15.8. The molecule has 0 N–H and O–H groups in total. The second kappa shape index (κ2) is 6.63. The first-order valence-electron chi connectivity index (χ1n) is 9.54. The molecular weight excluding hydrogens is 372 g/mol. The molecule has 0 bridgehead atoms. The van der Waals surface area contributed by atoms with Crippen LogP contribution < -0.4 is 0 Å². The minimum Gasteiger partial charge on any atom is -0.252 e. The maximum Gasteiger partial charge on any atom is 0.159 e. The Bertz CT molecular complexity index is 1450. The van der Waals surface area contributed by atoms with Crippen molar-refractivity contribution in [3.8, 4) is 22.6 Å². The van der Waals surface area contributed by atoms with E-state index in [0.29, 0.717) is 5.82 Å². The van der Waals surface area contributed by atoms with Crippen molar-refractivity contribution in [2.24, 2.45) is 0 Å². The van der Waals surface area contributed by atoms with E-state index in [2.05, 4.69) is 20.2 Å². The number of rotatable bonds is 2. The van der Waals surface area contributed by atoms with Crippen LogP contribution in [0.5, 0.6) is 0 Å². The molecule has 0 spiro atoms. The second-order valence-electron chi connectivity index (χ2n) is 7.02. The molecule has 6 heteroatoms. The van der Waals surface area contributed by atoms with E-state index in [0.717, 1.165) is 49.7 Å². The zero-order chi connectivity index (χ0) is 19.9. The predicted molar refractivity (Wildman–Crippen MR) is 117 cm³/mol. The van der Waals surface area contributed by atoms with Crippen LogP contribution in [0.1, 0.15) is 0 Å². The Morgan fingerprint density at radius 1 is 0.567 bits per heavy atom. The molecule has 0 aliphatic heterocycles.